The third kappa shape index (κ3) is 4.07. The molecular weight excluding hydrogens is 456 g/mol. The molecule has 0 saturated carbocycles. The van der Waals surface area contributed by atoms with Gasteiger partial charge in [-0.25, -0.2) is 0 Å². The zero-order valence-electron chi connectivity index (χ0n) is 21.0. The number of hydrogen-bond acceptors (Lipinski definition) is 0. The average Bonchev–Trinajstić information content (AvgIpc) is 2.99. The van der Waals surface area contributed by atoms with Crippen LogP contribution in [0.5, 0.6) is 0 Å². The first-order chi connectivity index (χ1) is 18.8. The molecule has 7 aromatic carbocycles. The second kappa shape index (κ2) is 9.50. The predicted octanol–water partition coefficient (Wildman–Crippen LogP) is 10.6. The maximum atomic E-state index is 2.29. The van der Waals surface area contributed by atoms with E-state index in [2.05, 4.69) is 158 Å². The van der Waals surface area contributed by atoms with E-state index in [0.717, 1.165) is 0 Å². The second-order valence-electron chi connectivity index (χ2n) is 9.80. The Balaban J connectivity index is 1.19. The van der Waals surface area contributed by atoms with Crippen LogP contribution >= 0.6 is 0 Å². The van der Waals surface area contributed by atoms with E-state index in [1.165, 1.54) is 65.3 Å². The third-order valence-electron chi connectivity index (χ3n) is 7.45. The first-order valence-corrected chi connectivity index (χ1v) is 13.1. The minimum absolute atomic E-state index is 1.19. The summed E-state index contributed by atoms with van der Waals surface area (Å²) in [6, 6.07) is 47.9. The van der Waals surface area contributed by atoms with E-state index in [1.807, 2.05) is 0 Å². The van der Waals surface area contributed by atoms with Crippen molar-refractivity contribution < 1.29 is 0 Å². The highest BCUT2D eigenvalue weighted by molar-refractivity contribution is 6.12. The summed E-state index contributed by atoms with van der Waals surface area (Å²) in [4.78, 5) is 0. The molecule has 0 unspecified atom stereocenters. The highest BCUT2D eigenvalue weighted by Crippen LogP contribution is 2.31. The Kier molecular flexibility index (Phi) is 5.57. The molecule has 0 atom stereocenters. The van der Waals surface area contributed by atoms with Crippen LogP contribution in [0.15, 0.2) is 133 Å². The zero-order valence-corrected chi connectivity index (χ0v) is 21.0. The minimum Gasteiger partial charge on any atom is -0.0616 e. The van der Waals surface area contributed by atoms with Gasteiger partial charge in [0, 0.05) is 0 Å². The van der Waals surface area contributed by atoms with Crippen LogP contribution in [0.1, 0.15) is 22.3 Å². The van der Waals surface area contributed by atoms with Crippen molar-refractivity contribution in [3.63, 3.8) is 0 Å². The second-order valence-corrected chi connectivity index (χ2v) is 9.80. The monoisotopic (exact) mass is 482 g/mol. The fourth-order valence-corrected chi connectivity index (χ4v) is 5.53. The predicted molar refractivity (Wildman–Crippen MR) is 167 cm³/mol. The summed E-state index contributed by atoms with van der Waals surface area (Å²) >= 11 is 0. The lowest BCUT2D eigenvalue weighted by molar-refractivity contribution is 1.62. The van der Waals surface area contributed by atoms with Crippen LogP contribution in [0.4, 0.5) is 0 Å². The molecule has 7 aromatic rings. The average molecular weight is 483 g/mol. The van der Waals surface area contributed by atoms with Gasteiger partial charge in [-0.3, -0.25) is 0 Å². The Hall–Kier alpha value is -4.94. The van der Waals surface area contributed by atoms with Crippen LogP contribution in [0, 0.1) is 0 Å². The Morgan fingerprint density at radius 3 is 1.05 bits per heavy atom. The van der Waals surface area contributed by atoms with Crippen LogP contribution in [0.2, 0.25) is 0 Å². The van der Waals surface area contributed by atoms with Gasteiger partial charge in [-0.15, -0.1) is 0 Å². The molecule has 0 aliphatic rings. The van der Waals surface area contributed by atoms with Crippen LogP contribution in [-0.4, -0.2) is 0 Å². The molecule has 0 saturated heterocycles. The Bertz CT molecular complexity index is 1860. The SMILES string of the molecule is C(=Cc1cc2ccccc2c2ccccc12)c1ccc(C=Cc2cc3ccccc3c3ccccc23)cc1. The summed E-state index contributed by atoms with van der Waals surface area (Å²) in [5, 5.41) is 10.3. The molecule has 0 aliphatic heterocycles. The molecule has 0 fully saturated rings. The van der Waals surface area contributed by atoms with E-state index in [9.17, 15) is 0 Å². The summed E-state index contributed by atoms with van der Waals surface area (Å²) in [6.45, 7) is 0. The fourth-order valence-electron chi connectivity index (χ4n) is 5.53. The molecule has 0 spiro atoms. The summed E-state index contributed by atoms with van der Waals surface area (Å²) in [5.41, 5.74) is 4.86. The van der Waals surface area contributed by atoms with Gasteiger partial charge in [0.25, 0.3) is 0 Å². The van der Waals surface area contributed by atoms with Crippen molar-refractivity contribution >= 4 is 67.4 Å². The van der Waals surface area contributed by atoms with Gasteiger partial charge in [0.1, 0.15) is 0 Å². The van der Waals surface area contributed by atoms with Crippen LogP contribution in [0.25, 0.3) is 67.4 Å². The van der Waals surface area contributed by atoms with E-state index >= 15 is 0 Å². The normalized spacial score (nSPS) is 12.0. The zero-order chi connectivity index (χ0) is 25.3. The van der Waals surface area contributed by atoms with Crippen molar-refractivity contribution in [3.8, 4) is 0 Å². The maximum Gasteiger partial charge on any atom is -0.00994 e. The minimum atomic E-state index is 1.19. The lowest BCUT2D eigenvalue weighted by Crippen LogP contribution is -1.83. The van der Waals surface area contributed by atoms with Gasteiger partial charge in [0.2, 0.25) is 0 Å². The van der Waals surface area contributed by atoms with Gasteiger partial charge in [0.05, 0.1) is 0 Å². The molecule has 0 nitrogen and oxygen atoms in total. The molecule has 38 heavy (non-hydrogen) atoms. The summed E-state index contributed by atoms with van der Waals surface area (Å²) < 4.78 is 0. The van der Waals surface area contributed by atoms with Crippen molar-refractivity contribution in [2.75, 3.05) is 0 Å². The van der Waals surface area contributed by atoms with Crippen molar-refractivity contribution in [2.24, 2.45) is 0 Å². The van der Waals surface area contributed by atoms with Gasteiger partial charge in [0.15, 0.2) is 0 Å². The maximum absolute atomic E-state index is 2.29. The Morgan fingerprint density at radius 1 is 0.289 bits per heavy atom. The van der Waals surface area contributed by atoms with Gasteiger partial charge in [-0.2, -0.15) is 0 Å². The van der Waals surface area contributed by atoms with E-state index in [0.29, 0.717) is 0 Å². The molecule has 0 heteroatoms. The van der Waals surface area contributed by atoms with E-state index < -0.39 is 0 Å². The molecule has 7 rings (SSSR count). The number of fused-ring (bicyclic) bond motifs is 6. The van der Waals surface area contributed by atoms with Gasteiger partial charge >= 0.3 is 0 Å². The molecule has 0 bridgehead atoms. The summed E-state index contributed by atoms with van der Waals surface area (Å²) in [7, 11) is 0. The van der Waals surface area contributed by atoms with Crippen LogP contribution in [0.3, 0.4) is 0 Å². The largest absolute Gasteiger partial charge is 0.0616 e. The van der Waals surface area contributed by atoms with Crippen molar-refractivity contribution in [1.82, 2.24) is 0 Å². The molecule has 0 amide bonds. The van der Waals surface area contributed by atoms with E-state index in [1.54, 1.807) is 0 Å². The van der Waals surface area contributed by atoms with E-state index in [-0.39, 0.29) is 0 Å². The topological polar surface area (TPSA) is 0 Å². The lowest BCUT2D eigenvalue weighted by atomic mass is 9.96. The van der Waals surface area contributed by atoms with Crippen molar-refractivity contribution in [1.29, 1.82) is 0 Å². The summed E-state index contributed by atoms with van der Waals surface area (Å²) in [5.74, 6) is 0. The molecule has 0 radical (unpaired) electrons. The standard InChI is InChI=1S/C38H26/c1-3-11-33-29(9-1)25-31(35-13-5-7-15-37(33)35)23-21-27-17-19-28(20-18-27)22-24-32-26-30-10-2-4-12-34(30)38-16-8-6-14-36(32)38/h1-26H. The Labute approximate surface area is 222 Å². The Morgan fingerprint density at radius 2 is 0.632 bits per heavy atom. The molecular formula is C38H26. The van der Waals surface area contributed by atoms with Crippen molar-refractivity contribution in [2.45, 2.75) is 0 Å². The summed E-state index contributed by atoms with van der Waals surface area (Å²) in [6.07, 6.45) is 8.89. The number of hydrogen-bond donors (Lipinski definition) is 0. The van der Waals surface area contributed by atoms with Gasteiger partial charge < -0.3 is 0 Å². The van der Waals surface area contributed by atoms with E-state index in [4.69, 9.17) is 0 Å². The number of rotatable bonds is 4. The van der Waals surface area contributed by atoms with Gasteiger partial charge in [-0.05, 0) is 77.5 Å². The molecule has 0 aliphatic carbocycles. The highest BCUT2D eigenvalue weighted by atomic mass is 14.1. The molecule has 0 N–H and O–H groups in total. The first kappa shape index (κ1) is 22.3. The molecule has 178 valence electrons. The smallest absolute Gasteiger partial charge is 0.00994 e. The lowest BCUT2D eigenvalue weighted by Gasteiger charge is -2.08. The third-order valence-corrected chi connectivity index (χ3v) is 7.45. The van der Waals surface area contributed by atoms with Crippen LogP contribution in [-0.2, 0) is 0 Å². The molecule has 0 aromatic heterocycles. The van der Waals surface area contributed by atoms with Crippen LogP contribution < -0.4 is 0 Å². The number of benzene rings is 7. The highest BCUT2D eigenvalue weighted by Gasteiger charge is 2.05. The van der Waals surface area contributed by atoms with Gasteiger partial charge in [-0.1, -0.05) is 146 Å². The first-order valence-electron chi connectivity index (χ1n) is 13.1. The van der Waals surface area contributed by atoms with Crippen molar-refractivity contribution in [3.05, 3.63) is 156 Å². The fraction of sp³-hybridized carbons (Fsp3) is 0. The molecule has 0 heterocycles. The quantitative estimate of drug-likeness (QED) is 0.173.